The van der Waals surface area contributed by atoms with E-state index in [0.29, 0.717) is 0 Å². The molecule has 0 atom stereocenters. The lowest BCUT2D eigenvalue weighted by Crippen LogP contribution is -2.08. The van der Waals surface area contributed by atoms with E-state index in [1.165, 1.54) is 66.2 Å². The Morgan fingerprint density at radius 1 is 0.236 bits per heavy atom. The van der Waals surface area contributed by atoms with E-state index >= 15 is 0 Å². The van der Waals surface area contributed by atoms with Crippen molar-refractivity contribution < 1.29 is 0 Å². The molecule has 340 valence electrons. The molecule has 0 fully saturated rings. The van der Waals surface area contributed by atoms with Crippen LogP contribution in [0.5, 0.6) is 0 Å². The topological polar surface area (TPSA) is 9.86 Å². The summed E-state index contributed by atoms with van der Waals surface area (Å²) < 4.78 is 5.10. The van der Waals surface area contributed by atoms with Crippen molar-refractivity contribution in [2.45, 2.75) is 12.8 Å². The van der Waals surface area contributed by atoms with Crippen molar-refractivity contribution >= 4 is 27.1 Å². The number of allylic oxidation sites excluding steroid dienone is 4. The smallest absolute Gasteiger partial charge is 0.0620 e. The van der Waals surface area contributed by atoms with Gasteiger partial charge in [0, 0.05) is 21.5 Å². The van der Waals surface area contributed by atoms with E-state index in [1.54, 1.807) is 0 Å². The summed E-state index contributed by atoms with van der Waals surface area (Å²) in [5.41, 5.74) is 21.1. The number of aromatic nitrogens is 2. The monoisotopic (exact) mass is 918 g/mol. The van der Waals surface area contributed by atoms with E-state index in [0.717, 1.165) is 69.1 Å². The molecular weight excluding hydrogens is 869 g/mol. The van der Waals surface area contributed by atoms with Crippen molar-refractivity contribution in [3.63, 3.8) is 0 Å². The molecular formula is C70H50N2. The summed E-state index contributed by atoms with van der Waals surface area (Å²) in [6.45, 7) is 0. The van der Waals surface area contributed by atoms with Crippen LogP contribution in [0.2, 0.25) is 0 Å². The van der Waals surface area contributed by atoms with E-state index in [9.17, 15) is 0 Å². The van der Waals surface area contributed by atoms with E-state index in [-0.39, 0.29) is 0 Å². The minimum Gasteiger partial charge on any atom is -0.308 e. The van der Waals surface area contributed by atoms with Crippen molar-refractivity contribution in [2.24, 2.45) is 0 Å². The molecule has 13 rings (SSSR count). The standard InChI is InChI=1S/C70H50N2/c1-7-19-49(20-8-1)51-31-35-53(36-32-51)59-39-41-61-63(47-59)70(72-67(57-27-15-5-16-28-57)45-46-68(72)58-29-17-6-18-30-58)64-48-60(54-37-33-52(34-38-54)50-21-9-2-10-22-50)40-42-62(64)69(61)71-65(55-23-11-3-12-24-55)43-44-66(71)56-25-13-4-14-26-56/h1-5,7-17,19-48H,6,18H2. The van der Waals surface area contributed by atoms with Gasteiger partial charge >= 0.3 is 0 Å². The zero-order valence-electron chi connectivity index (χ0n) is 39.9. The first-order valence-corrected chi connectivity index (χ1v) is 25.1. The van der Waals surface area contributed by atoms with Gasteiger partial charge in [-0.15, -0.1) is 0 Å². The molecule has 0 aliphatic heterocycles. The molecule has 0 amide bonds. The molecule has 0 spiro atoms. The summed E-state index contributed by atoms with van der Waals surface area (Å²) in [5, 5.41) is 4.67. The largest absolute Gasteiger partial charge is 0.308 e. The maximum atomic E-state index is 2.57. The zero-order chi connectivity index (χ0) is 47.8. The number of hydrogen-bond acceptors (Lipinski definition) is 0. The van der Waals surface area contributed by atoms with Crippen molar-refractivity contribution in [3.8, 4) is 89.7 Å². The second kappa shape index (κ2) is 18.6. The third kappa shape index (κ3) is 7.80. The molecule has 0 N–H and O–H groups in total. The maximum absolute atomic E-state index is 2.57. The fourth-order valence-electron chi connectivity index (χ4n) is 10.9. The Bertz CT molecular complexity index is 3750. The first-order chi connectivity index (χ1) is 35.7. The van der Waals surface area contributed by atoms with Crippen LogP contribution < -0.4 is 0 Å². The second-order valence-electron chi connectivity index (χ2n) is 18.7. The second-order valence-corrected chi connectivity index (χ2v) is 18.7. The van der Waals surface area contributed by atoms with Gasteiger partial charge in [0.2, 0.25) is 0 Å². The normalized spacial score (nSPS) is 12.4. The predicted molar refractivity (Wildman–Crippen MR) is 305 cm³/mol. The average Bonchev–Trinajstić information content (AvgIpc) is 4.11. The van der Waals surface area contributed by atoms with E-state index < -0.39 is 0 Å². The highest BCUT2D eigenvalue weighted by molar-refractivity contribution is 6.17. The number of nitrogens with zero attached hydrogens (tertiary/aromatic N) is 2. The van der Waals surface area contributed by atoms with Gasteiger partial charge in [-0.1, -0.05) is 243 Å². The van der Waals surface area contributed by atoms with Gasteiger partial charge in [0.15, 0.2) is 0 Å². The summed E-state index contributed by atoms with van der Waals surface area (Å²) in [7, 11) is 0. The number of hydrogen-bond donors (Lipinski definition) is 0. The molecule has 10 aromatic carbocycles. The highest BCUT2D eigenvalue weighted by Gasteiger charge is 2.26. The fraction of sp³-hybridized carbons (Fsp3) is 0.0286. The molecule has 2 heteroatoms. The SMILES string of the molecule is C1=CC(c2ccc(-c3ccccc3)n2-c2c3cc(-c4ccc(-c5ccccc5)cc4)ccc3c(-n3c(-c4ccccc4)ccc3-c3ccccc3)c3ccc(-c4ccc(-c5ccccc5)cc4)cc23)=CCC1. The van der Waals surface area contributed by atoms with Crippen LogP contribution in [0.15, 0.2) is 279 Å². The highest BCUT2D eigenvalue weighted by Crippen LogP contribution is 2.47. The molecule has 0 saturated carbocycles. The van der Waals surface area contributed by atoms with Crippen LogP contribution in [0.1, 0.15) is 18.5 Å². The first kappa shape index (κ1) is 42.8. The van der Waals surface area contributed by atoms with Crippen molar-refractivity contribution in [1.82, 2.24) is 9.13 Å². The van der Waals surface area contributed by atoms with Gasteiger partial charge in [-0.2, -0.15) is 0 Å². The number of benzene rings is 10. The molecule has 0 bridgehead atoms. The van der Waals surface area contributed by atoms with E-state index in [1.807, 2.05) is 0 Å². The summed E-state index contributed by atoms with van der Waals surface area (Å²) in [4.78, 5) is 0. The molecule has 2 aromatic heterocycles. The maximum Gasteiger partial charge on any atom is 0.0620 e. The molecule has 1 aliphatic rings. The van der Waals surface area contributed by atoms with Crippen LogP contribution in [0.3, 0.4) is 0 Å². The molecule has 72 heavy (non-hydrogen) atoms. The van der Waals surface area contributed by atoms with Gasteiger partial charge in [-0.05, 0) is 116 Å². The number of rotatable bonds is 10. The minimum atomic E-state index is 1.00. The van der Waals surface area contributed by atoms with Crippen LogP contribution in [0.25, 0.3) is 117 Å². The Kier molecular flexibility index (Phi) is 11.1. The van der Waals surface area contributed by atoms with E-state index in [4.69, 9.17) is 0 Å². The van der Waals surface area contributed by atoms with Crippen LogP contribution in [0.4, 0.5) is 0 Å². The van der Waals surface area contributed by atoms with E-state index in [2.05, 4.69) is 288 Å². The Morgan fingerprint density at radius 3 is 0.917 bits per heavy atom. The molecule has 0 unspecified atom stereocenters. The predicted octanol–water partition coefficient (Wildman–Crippen LogP) is 19.0. The lowest BCUT2D eigenvalue weighted by Gasteiger charge is -2.25. The fourth-order valence-corrected chi connectivity index (χ4v) is 10.9. The summed E-state index contributed by atoms with van der Waals surface area (Å²) >= 11 is 0. The van der Waals surface area contributed by atoms with Crippen molar-refractivity contribution in [3.05, 3.63) is 285 Å². The quantitative estimate of drug-likeness (QED) is 0.121. The average molecular weight is 919 g/mol. The van der Waals surface area contributed by atoms with Gasteiger partial charge in [0.25, 0.3) is 0 Å². The van der Waals surface area contributed by atoms with Crippen molar-refractivity contribution in [1.29, 1.82) is 0 Å². The molecule has 12 aromatic rings. The Morgan fingerprint density at radius 2 is 0.542 bits per heavy atom. The lowest BCUT2D eigenvalue weighted by atomic mass is 9.91. The Balaban J connectivity index is 1.16. The first-order valence-electron chi connectivity index (χ1n) is 25.1. The van der Waals surface area contributed by atoms with Gasteiger partial charge in [-0.25, -0.2) is 0 Å². The third-order valence-electron chi connectivity index (χ3n) is 14.4. The Labute approximate surface area is 421 Å². The zero-order valence-corrected chi connectivity index (χ0v) is 39.9. The molecule has 2 nitrogen and oxygen atoms in total. The molecule has 2 heterocycles. The summed E-state index contributed by atoms with van der Waals surface area (Å²) in [5.74, 6) is 0. The molecule has 0 saturated heterocycles. The third-order valence-corrected chi connectivity index (χ3v) is 14.4. The van der Waals surface area contributed by atoms with Crippen LogP contribution in [-0.2, 0) is 0 Å². The van der Waals surface area contributed by atoms with Gasteiger partial charge in [-0.3, -0.25) is 0 Å². The van der Waals surface area contributed by atoms with Crippen LogP contribution in [-0.4, -0.2) is 9.13 Å². The van der Waals surface area contributed by atoms with Crippen molar-refractivity contribution in [2.75, 3.05) is 0 Å². The van der Waals surface area contributed by atoms with Gasteiger partial charge in [0.05, 0.1) is 34.2 Å². The molecule has 1 aliphatic carbocycles. The molecule has 0 radical (unpaired) electrons. The number of fused-ring (bicyclic) bond motifs is 2. The lowest BCUT2D eigenvalue weighted by molar-refractivity contribution is 1.02. The van der Waals surface area contributed by atoms with Gasteiger partial charge in [0.1, 0.15) is 0 Å². The van der Waals surface area contributed by atoms with Crippen LogP contribution in [0, 0.1) is 0 Å². The van der Waals surface area contributed by atoms with Crippen LogP contribution >= 0.6 is 0 Å². The summed E-state index contributed by atoms with van der Waals surface area (Å²) in [6, 6.07) is 95.7. The Hall–Kier alpha value is -9.24. The summed E-state index contributed by atoms with van der Waals surface area (Å²) in [6.07, 6.45) is 9.10. The van der Waals surface area contributed by atoms with Gasteiger partial charge < -0.3 is 9.13 Å². The highest BCUT2D eigenvalue weighted by atomic mass is 15.0. The minimum absolute atomic E-state index is 1.00.